The number of phenols is 2. The van der Waals surface area contributed by atoms with Crippen LogP contribution in [0.1, 0.15) is 94.9 Å². The van der Waals surface area contributed by atoms with E-state index < -0.39 is 57.0 Å². The maximum absolute atomic E-state index is 14.1. The summed E-state index contributed by atoms with van der Waals surface area (Å²) in [5, 5.41) is 31.2. The molecule has 7 nitrogen and oxygen atoms in total. The van der Waals surface area contributed by atoms with Crippen molar-refractivity contribution in [3.05, 3.63) is 86.2 Å². The molecule has 3 rings (SSSR count). The van der Waals surface area contributed by atoms with Gasteiger partial charge in [0.25, 0.3) is 0 Å². The van der Waals surface area contributed by atoms with Crippen molar-refractivity contribution >= 4 is 29.3 Å². The van der Waals surface area contributed by atoms with Gasteiger partial charge in [0.2, 0.25) is 0 Å². The third-order valence-electron chi connectivity index (χ3n) is 6.35. The predicted molar refractivity (Wildman–Crippen MR) is 145 cm³/mol. The summed E-state index contributed by atoms with van der Waals surface area (Å²) in [5.74, 6) is -5.49. The van der Waals surface area contributed by atoms with Crippen LogP contribution in [-0.4, -0.2) is 33.0 Å². The minimum absolute atomic E-state index is 0.0180. The van der Waals surface area contributed by atoms with E-state index in [9.17, 15) is 34.1 Å². The topological polar surface area (TPSA) is 121 Å². The molecule has 0 radical (unpaired) electrons. The summed E-state index contributed by atoms with van der Waals surface area (Å²) in [6.07, 6.45) is 0. The summed E-state index contributed by atoms with van der Waals surface area (Å²) >= 11 is 5.74. The Kier molecular flexibility index (Phi) is 7.86. The van der Waals surface area contributed by atoms with Gasteiger partial charge in [0.05, 0.1) is 5.02 Å². The summed E-state index contributed by atoms with van der Waals surface area (Å²) in [7, 11) is 0. The van der Waals surface area contributed by atoms with Crippen LogP contribution in [0.3, 0.4) is 0 Å². The average molecular weight is 557 g/mol. The number of ketones is 1. The first-order valence-corrected chi connectivity index (χ1v) is 12.4. The van der Waals surface area contributed by atoms with E-state index in [1.807, 2.05) is 0 Å². The van der Waals surface area contributed by atoms with E-state index in [1.54, 1.807) is 41.5 Å². The average Bonchev–Trinajstić information content (AvgIpc) is 2.78. The van der Waals surface area contributed by atoms with Crippen LogP contribution in [0.2, 0.25) is 5.02 Å². The number of carbonyl (C=O) groups is 3. The van der Waals surface area contributed by atoms with Gasteiger partial charge < -0.3 is 20.1 Å². The van der Waals surface area contributed by atoms with Gasteiger partial charge in [-0.05, 0) is 53.6 Å². The number of ether oxygens (including phenoxy) is 1. The molecule has 0 aliphatic rings. The molecule has 0 fully saturated rings. The number of carboxylic acids is 1. The summed E-state index contributed by atoms with van der Waals surface area (Å²) in [6.45, 7) is 12.0. The van der Waals surface area contributed by atoms with Crippen LogP contribution in [0.5, 0.6) is 17.2 Å². The molecular formula is C30H30ClFO7. The second-order valence-electron chi connectivity index (χ2n) is 11.3. The van der Waals surface area contributed by atoms with Crippen LogP contribution in [0.25, 0.3) is 0 Å². The predicted octanol–water partition coefficient (Wildman–Crippen LogP) is 6.94. The molecule has 9 heteroatoms. The highest BCUT2D eigenvalue weighted by atomic mass is 35.5. The first-order chi connectivity index (χ1) is 17.9. The highest BCUT2D eigenvalue weighted by molar-refractivity contribution is 6.31. The number of hydrogen-bond acceptors (Lipinski definition) is 6. The van der Waals surface area contributed by atoms with E-state index in [2.05, 4.69) is 0 Å². The smallest absolute Gasteiger partial charge is 0.351 e. The molecule has 0 saturated heterocycles. The Morgan fingerprint density at radius 3 is 1.97 bits per heavy atom. The van der Waals surface area contributed by atoms with Crippen LogP contribution in [0, 0.1) is 12.7 Å². The third-order valence-corrected chi connectivity index (χ3v) is 6.66. The first-order valence-electron chi connectivity index (χ1n) is 12.0. The minimum Gasteiger partial charge on any atom is -0.507 e. The third kappa shape index (κ3) is 5.76. The van der Waals surface area contributed by atoms with Crippen molar-refractivity contribution in [3.8, 4) is 17.2 Å². The second kappa shape index (κ2) is 10.3. The van der Waals surface area contributed by atoms with Gasteiger partial charge in [-0.3, -0.25) is 4.79 Å². The molecule has 0 heterocycles. The molecule has 3 aromatic carbocycles. The lowest BCUT2D eigenvalue weighted by molar-refractivity contribution is 0.0678. The quantitative estimate of drug-likeness (QED) is 0.177. The van der Waals surface area contributed by atoms with Crippen molar-refractivity contribution in [2.45, 2.75) is 59.3 Å². The van der Waals surface area contributed by atoms with E-state index in [1.165, 1.54) is 37.3 Å². The number of hydrogen-bond donors (Lipinski definition) is 3. The fourth-order valence-electron chi connectivity index (χ4n) is 4.24. The molecule has 0 amide bonds. The molecule has 0 unspecified atom stereocenters. The van der Waals surface area contributed by atoms with Crippen LogP contribution >= 0.6 is 11.6 Å². The number of carbonyl (C=O) groups excluding carboxylic acids is 2. The fourth-order valence-corrected chi connectivity index (χ4v) is 4.36. The maximum Gasteiger partial charge on any atom is 0.351 e. The molecule has 3 aromatic rings. The van der Waals surface area contributed by atoms with E-state index >= 15 is 0 Å². The second-order valence-corrected chi connectivity index (χ2v) is 11.7. The molecule has 0 aromatic heterocycles. The lowest BCUT2D eigenvalue weighted by Crippen LogP contribution is -2.22. The standard InChI is InChI=1S/C30H30ClFO7/c1-14-16(24(34)15-8-10-19(31)20(32)12-15)13-18(30(5,6)7)26(22(14)27(36)37)39-28(38)23-21(33)11-9-17(25(23)35)29(2,3)4/h8-13,33,35H,1-7H3,(H,36,37). The summed E-state index contributed by atoms with van der Waals surface area (Å²) in [4.78, 5) is 39.2. The monoisotopic (exact) mass is 556 g/mol. The number of aromatic carboxylic acids is 1. The van der Waals surface area contributed by atoms with Crippen molar-refractivity contribution < 1.29 is 38.8 Å². The number of carboxylic acid groups (broad SMARTS) is 1. The highest BCUT2D eigenvalue weighted by Gasteiger charge is 2.33. The lowest BCUT2D eigenvalue weighted by atomic mass is 9.81. The minimum atomic E-state index is -1.48. The van der Waals surface area contributed by atoms with Crippen molar-refractivity contribution in [2.24, 2.45) is 0 Å². The zero-order chi connectivity index (χ0) is 29.6. The van der Waals surface area contributed by atoms with Crippen molar-refractivity contribution in [3.63, 3.8) is 0 Å². The fraction of sp³-hybridized carbons (Fsp3) is 0.300. The molecule has 0 saturated carbocycles. The summed E-state index contributed by atoms with van der Waals surface area (Å²) in [6, 6.07) is 7.65. The van der Waals surface area contributed by atoms with Crippen LogP contribution in [0.15, 0.2) is 36.4 Å². The SMILES string of the molecule is Cc1c(C(=O)c2ccc(Cl)c(F)c2)cc(C(C)(C)C)c(OC(=O)c2c(O)ccc(C(C)(C)C)c2O)c1C(=O)O. The van der Waals surface area contributed by atoms with Crippen molar-refractivity contribution in [1.82, 2.24) is 0 Å². The Balaban J connectivity index is 2.27. The van der Waals surface area contributed by atoms with Gasteiger partial charge in [-0.1, -0.05) is 59.2 Å². The largest absolute Gasteiger partial charge is 0.507 e. The first kappa shape index (κ1) is 29.6. The maximum atomic E-state index is 14.1. The Bertz CT molecular complexity index is 1510. The summed E-state index contributed by atoms with van der Waals surface area (Å²) in [5.41, 5.74) is -1.94. The van der Waals surface area contributed by atoms with Crippen LogP contribution < -0.4 is 4.74 Å². The molecule has 0 aliphatic heterocycles. The molecule has 0 spiro atoms. The molecule has 39 heavy (non-hydrogen) atoms. The molecule has 0 aliphatic carbocycles. The van der Waals surface area contributed by atoms with Crippen molar-refractivity contribution in [1.29, 1.82) is 0 Å². The number of esters is 1. The molecule has 0 bridgehead atoms. The number of phenolic OH excluding ortho intramolecular Hbond substituents is 2. The van der Waals surface area contributed by atoms with E-state index in [0.29, 0.717) is 5.56 Å². The van der Waals surface area contributed by atoms with Gasteiger partial charge in [-0.15, -0.1) is 0 Å². The Morgan fingerprint density at radius 2 is 1.46 bits per heavy atom. The van der Waals surface area contributed by atoms with Gasteiger partial charge in [-0.2, -0.15) is 0 Å². The van der Waals surface area contributed by atoms with Crippen molar-refractivity contribution in [2.75, 3.05) is 0 Å². The lowest BCUT2D eigenvalue weighted by Gasteiger charge is -2.26. The molecule has 0 atom stereocenters. The van der Waals surface area contributed by atoms with Crippen LogP contribution in [-0.2, 0) is 10.8 Å². The van der Waals surface area contributed by atoms with Crippen LogP contribution in [0.4, 0.5) is 4.39 Å². The van der Waals surface area contributed by atoms with E-state index in [-0.39, 0.29) is 33.0 Å². The van der Waals surface area contributed by atoms with Gasteiger partial charge in [0.15, 0.2) is 5.78 Å². The Hall–Kier alpha value is -3.91. The Labute approximate surface area is 230 Å². The molecule has 206 valence electrons. The van der Waals surface area contributed by atoms with Gasteiger partial charge in [0.1, 0.15) is 34.2 Å². The van der Waals surface area contributed by atoms with Gasteiger partial charge in [-0.25, -0.2) is 14.0 Å². The van der Waals surface area contributed by atoms with E-state index in [4.69, 9.17) is 16.3 Å². The number of aromatic hydroxyl groups is 2. The number of halogens is 2. The highest BCUT2D eigenvalue weighted by Crippen LogP contribution is 2.42. The molecular weight excluding hydrogens is 527 g/mol. The van der Waals surface area contributed by atoms with E-state index in [0.717, 1.165) is 6.07 Å². The molecule has 3 N–H and O–H groups in total. The number of rotatable bonds is 5. The summed E-state index contributed by atoms with van der Waals surface area (Å²) < 4.78 is 19.7. The normalized spacial score (nSPS) is 11.8. The zero-order valence-electron chi connectivity index (χ0n) is 22.7. The van der Waals surface area contributed by atoms with Gasteiger partial charge in [0, 0.05) is 22.3 Å². The van der Waals surface area contributed by atoms with Gasteiger partial charge >= 0.3 is 11.9 Å². The Morgan fingerprint density at radius 1 is 0.872 bits per heavy atom. The number of benzene rings is 3. The zero-order valence-corrected chi connectivity index (χ0v) is 23.5.